The molecule has 0 aliphatic rings. The molecule has 0 aliphatic carbocycles. The van der Waals surface area contributed by atoms with Gasteiger partial charge in [-0.3, -0.25) is 0 Å². The Labute approximate surface area is 101 Å². The number of rotatable bonds is 2. The molecule has 2 aromatic rings. The van der Waals surface area contributed by atoms with Crippen molar-refractivity contribution in [1.82, 2.24) is 9.55 Å². The molecule has 0 saturated carbocycles. The Bertz CT molecular complexity index is 474. The monoisotopic (exact) mass is 235 g/mol. The van der Waals surface area contributed by atoms with Gasteiger partial charge in [-0.15, -0.1) is 12.4 Å². The van der Waals surface area contributed by atoms with Gasteiger partial charge in [0.1, 0.15) is 11.5 Å². The largest absolute Gasteiger partial charge is 0.383 e. The van der Waals surface area contributed by atoms with E-state index in [2.05, 4.69) is 4.98 Å². The van der Waals surface area contributed by atoms with Crippen LogP contribution in [0.25, 0.3) is 12.2 Å². The van der Waals surface area contributed by atoms with Gasteiger partial charge in [0.25, 0.3) is 0 Å². The maximum absolute atomic E-state index is 5.82. The Morgan fingerprint density at radius 3 is 2.44 bits per heavy atom. The summed E-state index contributed by atoms with van der Waals surface area (Å²) < 4.78 is 1.80. The first-order valence-electron chi connectivity index (χ1n) is 4.77. The Morgan fingerprint density at radius 2 is 1.88 bits per heavy atom. The molecule has 2 rings (SSSR count). The number of aryl methyl sites for hydroxylation is 1. The van der Waals surface area contributed by atoms with E-state index in [0.29, 0.717) is 5.82 Å². The first-order chi connectivity index (χ1) is 7.27. The van der Waals surface area contributed by atoms with Gasteiger partial charge in [0.15, 0.2) is 0 Å². The van der Waals surface area contributed by atoms with Crippen molar-refractivity contribution in [2.24, 2.45) is 7.05 Å². The molecule has 0 bridgehead atoms. The fourth-order valence-electron chi connectivity index (χ4n) is 1.33. The lowest BCUT2D eigenvalue weighted by Crippen LogP contribution is -1.95. The van der Waals surface area contributed by atoms with E-state index in [4.69, 9.17) is 5.73 Å². The van der Waals surface area contributed by atoms with Crippen molar-refractivity contribution in [2.45, 2.75) is 0 Å². The van der Waals surface area contributed by atoms with E-state index in [-0.39, 0.29) is 12.4 Å². The average Bonchev–Trinajstić information content (AvgIpc) is 2.59. The normalized spacial score (nSPS) is 10.3. The van der Waals surface area contributed by atoms with Gasteiger partial charge < -0.3 is 10.3 Å². The van der Waals surface area contributed by atoms with Crippen LogP contribution < -0.4 is 5.73 Å². The minimum atomic E-state index is 0. The summed E-state index contributed by atoms with van der Waals surface area (Å²) in [5.41, 5.74) is 7.76. The predicted octanol–water partition coefficient (Wildman–Crippen LogP) is 2.59. The number of benzene rings is 1. The quantitative estimate of drug-likeness (QED) is 0.870. The molecule has 3 nitrogen and oxygen atoms in total. The smallest absolute Gasteiger partial charge is 0.130 e. The highest BCUT2D eigenvalue weighted by Crippen LogP contribution is 2.12. The van der Waals surface area contributed by atoms with Crippen LogP contribution in [0.5, 0.6) is 0 Å². The average molecular weight is 236 g/mol. The Morgan fingerprint density at radius 1 is 1.19 bits per heavy atom. The Hall–Kier alpha value is -1.74. The van der Waals surface area contributed by atoms with E-state index < -0.39 is 0 Å². The molecule has 0 atom stereocenters. The summed E-state index contributed by atoms with van der Waals surface area (Å²) in [5.74, 6) is 0.683. The van der Waals surface area contributed by atoms with Crippen LogP contribution in [0.4, 0.5) is 5.82 Å². The third kappa shape index (κ3) is 2.64. The molecule has 84 valence electrons. The van der Waals surface area contributed by atoms with Crippen LogP contribution in [0, 0.1) is 0 Å². The van der Waals surface area contributed by atoms with Crippen molar-refractivity contribution in [2.75, 3.05) is 5.73 Å². The van der Waals surface area contributed by atoms with Crippen molar-refractivity contribution in [3.05, 3.63) is 47.9 Å². The number of hydrogen-bond acceptors (Lipinski definition) is 2. The summed E-state index contributed by atoms with van der Waals surface area (Å²) in [7, 11) is 1.88. The molecule has 16 heavy (non-hydrogen) atoms. The van der Waals surface area contributed by atoms with Crippen LogP contribution in [0.15, 0.2) is 36.7 Å². The zero-order valence-electron chi connectivity index (χ0n) is 9.00. The van der Waals surface area contributed by atoms with E-state index in [1.54, 1.807) is 10.9 Å². The van der Waals surface area contributed by atoms with E-state index in [1.807, 2.05) is 49.5 Å². The summed E-state index contributed by atoms with van der Waals surface area (Å²) in [6.07, 6.45) is 5.63. The molecule has 4 heteroatoms. The maximum Gasteiger partial charge on any atom is 0.130 e. The van der Waals surface area contributed by atoms with Gasteiger partial charge in [0.05, 0.1) is 6.33 Å². The number of aromatic nitrogens is 2. The van der Waals surface area contributed by atoms with Gasteiger partial charge >= 0.3 is 0 Å². The van der Waals surface area contributed by atoms with Crippen LogP contribution in [0.3, 0.4) is 0 Å². The van der Waals surface area contributed by atoms with Crippen molar-refractivity contribution in [3.8, 4) is 0 Å². The molecule has 1 aromatic carbocycles. The molecule has 1 heterocycles. The highest BCUT2D eigenvalue weighted by Gasteiger charge is 1.99. The lowest BCUT2D eigenvalue weighted by atomic mass is 10.2. The van der Waals surface area contributed by atoms with E-state index in [9.17, 15) is 0 Å². The highest BCUT2D eigenvalue weighted by molar-refractivity contribution is 5.85. The second-order valence-electron chi connectivity index (χ2n) is 3.37. The van der Waals surface area contributed by atoms with Crippen LogP contribution in [-0.2, 0) is 7.05 Å². The maximum atomic E-state index is 5.82. The number of halogens is 1. The SMILES string of the molecule is Cl.Cn1cnc(/C=C/c2ccccc2)c1N. The molecule has 1 aromatic heterocycles. The number of imidazole rings is 1. The summed E-state index contributed by atoms with van der Waals surface area (Å²) in [6.45, 7) is 0. The van der Waals surface area contributed by atoms with Gasteiger partial charge in [-0.25, -0.2) is 4.98 Å². The molecule has 0 radical (unpaired) electrons. The van der Waals surface area contributed by atoms with Gasteiger partial charge in [0, 0.05) is 7.05 Å². The van der Waals surface area contributed by atoms with Gasteiger partial charge in [-0.05, 0) is 11.6 Å². The van der Waals surface area contributed by atoms with Gasteiger partial charge in [0.2, 0.25) is 0 Å². The van der Waals surface area contributed by atoms with Gasteiger partial charge in [-0.2, -0.15) is 0 Å². The fourth-order valence-corrected chi connectivity index (χ4v) is 1.33. The summed E-state index contributed by atoms with van der Waals surface area (Å²) >= 11 is 0. The molecular weight excluding hydrogens is 222 g/mol. The number of anilines is 1. The first kappa shape index (κ1) is 12.3. The number of nitrogen functional groups attached to an aromatic ring is 1. The predicted molar refractivity (Wildman–Crippen MR) is 70.2 cm³/mol. The molecular formula is C12H14ClN3. The van der Waals surface area contributed by atoms with Crippen LogP contribution >= 0.6 is 12.4 Å². The van der Waals surface area contributed by atoms with Crippen LogP contribution in [0.1, 0.15) is 11.3 Å². The Balaban J connectivity index is 0.00000128. The number of hydrogen-bond donors (Lipinski definition) is 1. The molecule has 0 saturated heterocycles. The van der Waals surface area contributed by atoms with Crippen molar-refractivity contribution < 1.29 is 0 Å². The minimum Gasteiger partial charge on any atom is -0.383 e. The van der Waals surface area contributed by atoms with Crippen LogP contribution in [0.2, 0.25) is 0 Å². The topological polar surface area (TPSA) is 43.8 Å². The van der Waals surface area contributed by atoms with Crippen molar-refractivity contribution >= 4 is 30.4 Å². The number of nitrogens with zero attached hydrogens (tertiary/aromatic N) is 2. The zero-order chi connectivity index (χ0) is 10.7. The summed E-state index contributed by atoms with van der Waals surface area (Å²) in [5, 5.41) is 0. The molecule has 0 spiro atoms. The third-order valence-corrected chi connectivity index (χ3v) is 2.25. The molecule has 0 aliphatic heterocycles. The molecule has 0 amide bonds. The van der Waals surface area contributed by atoms with E-state index >= 15 is 0 Å². The van der Waals surface area contributed by atoms with Gasteiger partial charge in [-0.1, -0.05) is 36.4 Å². The molecule has 2 N–H and O–H groups in total. The highest BCUT2D eigenvalue weighted by atomic mass is 35.5. The van der Waals surface area contributed by atoms with E-state index in [0.717, 1.165) is 11.3 Å². The van der Waals surface area contributed by atoms with E-state index in [1.165, 1.54) is 0 Å². The van der Waals surface area contributed by atoms with Crippen molar-refractivity contribution in [1.29, 1.82) is 0 Å². The third-order valence-electron chi connectivity index (χ3n) is 2.25. The minimum absolute atomic E-state index is 0. The molecule has 0 unspecified atom stereocenters. The van der Waals surface area contributed by atoms with Crippen LogP contribution in [-0.4, -0.2) is 9.55 Å². The summed E-state index contributed by atoms with van der Waals surface area (Å²) in [6, 6.07) is 10.1. The lowest BCUT2D eigenvalue weighted by Gasteiger charge is -1.94. The first-order valence-corrected chi connectivity index (χ1v) is 4.77. The number of nitrogens with two attached hydrogens (primary N) is 1. The fraction of sp³-hybridized carbons (Fsp3) is 0.0833. The summed E-state index contributed by atoms with van der Waals surface area (Å²) in [4.78, 5) is 4.18. The molecule has 0 fully saturated rings. The standard InChI is InChI=1S/C12H13N3.ClH/c1-15-9-14-11(12(15)13)8-7-10-5-3-2-4-6-10;/h2-9H,13H2,1H3;1H/b8-7+;. The lowest BCUT2D eigenvalue weighted by molar-refractivity contribution is 0.925. The zero-order valence-corrected chi connectivity index (χ0v) is 9.82. The Kier molecular flexibility index (Phi) is 4.14. The second-order valence-corrected chi connectivity index (χ2v) is 3.37. The van der Waals surface area contributed by atoms with Crippen molar-refractivity contribution in [3.63, 3.8) is 0 Å². The second kappa shape index (κ2) is 5.37.